The van der Waals surface area contributed by atoms with Gasteiger partial charge in [0.05, 0.1) is 0 Å². The molecule has 0 atom stereocenters. The number of pyridine rings is 1. The molecule has 0 N–H and O–H groups in total. The zero-order chi connectivity index (χ0) is 18.4. The lowest BCUT2D eigenvalue weighted by atomic mass is 10.1. The van der Waals surface area contributed by atoms with Crippen LogP contribution in [0.2, 0.25) is 0 Å². The second kappa shape index (κ2) is 8.56. The predicted molar refractivity (Wildman–Crippen MR) is 96.1 cm³/mol. The zero-order valence-corrected chi connectivity index (χ0v) is 14.6. The molecule has 1 saturated heterocycles. The van der Waals surface area contributed by atoms with Crippen molar-refractivity contribution in [2.45, 2.75) is 19.3 Å². The monoisotopic (exact) mass is 355 g/mol. The van der Waals surface area contributed by atoms with Gasteiger partial charge in [0, 0.05) is 38.8 Å². The van der Waals surface area contributed by atoms with Crippen molar-refractivity contribution in [3.8, 4) is 0 Å². The van der Waals surface area contributed by atoms with Gasteiger partial charge in [0.2, 0.25) is 5.91 Å². The maximum Gasteiger partial charge on any atom is 0.272 e. The van der Waals surface area contributed by atoms with Crippen LogP contribution < -0.4 is 0 Å². The topological polar surface area (TPSA) is 53.5 Å². The minimum Gasteiger partial charge on any atom is -0.341 e. The molecule has 0 radical (unpaired) electrons. The number of carbonyl (C=O) groups excluding carboxylic acids is 2. The summed E-state index contributed by atoms with van der Waals surface area (Å²) in [6.07, 6.45) is 2.99. The second-order valence-electron chi connectivity index (χ2n) is 6.33. The Balaban J connectivity index is 1.54. The Labute approximate surface area is 152 Å². The molecule has 0 aliphatic carbocycles. The highest BCUT2D eigenvalue weighted by Crippen LogP contribution is 2.12. The molecule has 2 heterocycles. The van der Waals surface area contributed by atoms with Crippen molar-refractivity contribution in [3.05, 3.63) is 65.7 Å². The van der Waals surface area contributed by atoms with E-state index in [0.717, 1.165) is 6.42 Å². The van der Waals surface area contributed by atoms with Crippen LogP contribution in [0.3, 0.4) is 0 Å². The Morgan fingerprint density at radius 3 is 2.46 bits per heavy atom. The van der Waals surface area contributed by atoms with Gasteiger partial charge < -0.3 is 9.80 Å². The Morgan fingerprint density at radius 2 is 1.69 bits per heavy atom. The number of carbonyl (C=O) groups is 2. The average molecular weight is 355 g/mol. The Morgan fingerprint density at radius 1 is 0.962 bits per heavy atom. The lowest BCUT2D eigenvalue weighted by Gasteiger charge is -2.22. The third kappa shape index (κ3) is 4.45. The van der Waals surface area contributed by atoms with Crippen molar-refractivity contribution in [2.75, 3.05) is 26.2 Å². The highest BCUT2D eigenvalue weighted by Gasteiger charge is 2.23. The van der Waals surface area contributed by atoms with Crippen molar-refractivity contribution in [1.82, 2.24) is 14.8 Å². The van der Waals surface area contributed by atoms with E-state index in [9.17, 15) is 14.0 Å². The first-order valence-electron chi connectivity index (χ1n) is 8.86. The smallest absolute Gasteiger partial charge is 0.272 e. The van der Waals surface area contributed by atoms with Gasteiger partial charge in [0.25, 0.3) is 5.91 Å². The number of amides is 2. The molecule has 0 saturated carbocycles. The van der Waals surface area contributed by atoms with Gasteiger partial charge in [-0.25, -0.2) is 4.39 Å². The summed E-state index contributed by atoms with van der Waals surface area (Å²) in [5.74, 6) is -0.380. The predicted octanol–water partition coefficient (Wildman–Crippen LogP) is 2.53. The summed E-state index contributed by atoms with van der Waals surface area (Å²) in [5, 5.41) is 0. The lowest BCUT2D eigenvalue weighted by Crippen LogP contribution is -2.37. The van der Waals surface area contributed by atoms with Crippen LogP contribution in [-0.4, -0.2) is 52.8 Å². The van der Waals surface area contributed by atoms with E-state index in [-0.39, 0.29) is 24.1 Å². The van der Waals surface area contributed by atoms with Crippen LogP contribution in [0.5, 0.6) is 0 Å². The van der Waals surface area contributed by atoms with E-state index in [1.165, 1.54) is 6.07 Å². The molecule has 1 fully saturated rings. The summed E-state index contributed by atoms with van der Waals surface area (Å²) in [5.41, 5.74) is 0.981. The molecule has 3 rings (SSSR count). The van der Waals surface area contributed by atoms with E-state index in [4.69, 9.17) is 0 Å². The first-order chi connectivity index (χ1) is 12.6. The standard InChI is InChI=1S/C20H22FN3O2/c21-17-7-2-1-6-16(17)9-10-19(25)23-12-5-13-24(15-14-23)20(26)18-8-3-4-11-22-18/h1-4,6-8,11H,5,9-10,12-15H2. The van der Waals surface area contributed by atoms with Crippen LogP contribution in [0, 0.1) is 5.82 Å². The SMILES string of the molecule is O=C(CCc1ccccc1F)N1CCCN(C(=O)c2ccccn2)CC1. The normalized spacial score (nSPS) is 14.8. The summed E-state index contributed by atoms with van der Waals surface area (Å²) in [7, 11) is 0. The molecule has 2 aromatic rings. The molecular formula is C20H22FN3O2. The minimum atomic E-state index is -0.275. The number of halogens is 1. The van der Waals surface area contributed by atoms with Crippen LogP contribution >= 0.6 is 0 Å². The maximum absolute atomic E-state index is 13.7. The summed E-state index contributed by atoms with van der Waals surface area (Å²) >= 11 is 0. The molecule has 26 heavy (non-hydrogen) atoms. The number of benzene rings is 1. The molecule has 0 unspecified atom stereocenters. The molecular weight excluding hydrogens is 333 g/mol. The van der Waals surface area contributed by atoms with Crippen LogP contribution in [0.15, 0.2) is 48.7 Å². The lowest BCUT2D eigenvalue weighted by molar-refractivity contribution is -0.131. The van der Waals surface area contributed by atoms with Gasteiger partial charge >= 0.3 is 0 Å². The largest absolute Gasteiger partial charge is 0.341 e. The van der Waals surface area contributed by atoms with Gasteiger partial charge in [-0.15, -0.1) is 0 Å². The molecule has 5 nitrogen and oxygen atoms in total. The van der Waals surface area contributed by atoms with Gasteiger partial charge in [-0.3, -0.25) is 14.6 Å². The zero-order valence-electron chi connectivity index (χ0n) is 14.6. The van der Waals surface area contributed by atoms with E-state index in [1.807, 2.05) is 0 Å². The molecule has 1 aromatic carbocycles. The molecule has 6 heteroatoms. The number of aryl methyl sites for hydroxylation is 1. The van der Waals surface area contributed by atoms with E-state index in [2.05, 4.69) is 4.98 Å². The highest BCUT2D eigenvalue weighted by atomic mass is 19.1. The van der Waals surface area contributed by atoms with Crippen molar-refractivity contribution in [2.24, 2.45) is 0 Å². The summed E-state index contributed by atoms with van der Waals surface area (Å²) < 4.78 is 13.7. The Kier molecular flexibility index (Phi) is 5.94. The molecule has 2 amide bonds. The number of hydrogen-bond acceptors (Lipinski definition) is 3. The van der Waals surface area contributed by atoms with E-state index in [0.29, 0.717) is 43.9 Å². The van der Waals surface area contributed by atoms with Crippen LogP contribution in [0.1, 0.15) is 28.9 Å². The summed E-state index contributed by atoms with van der Waals surface area (Å²) in [6.45, 7) is 2.20. The van der Waals surface area contributed by atoms with Gasteiger partial charge in [0.1, 0.15) is 11.5 Å². The fourth-order valence-corrected chi connectivity index (χ4v) is 3.12. The molecule has 1 aliphatic rings. The molecule has 0 spiro atoms. The summed E-state index contributed by atoms with van der Waals surface area (Å²) in [6, 6.07) is 11.8. The van der Waals surface area contributed by atoms with Crippen molar-refractivity contribution in [1.29, 1.82) is 0 Å². The van der Waals surface area contributed by atoms with Gasteiger partial charge in [-0.2, -0.15) is 0 Å². The van der Waals surface area contributed by atoms with Crippen molar-refractivity contribution >= 4 is 11.8 Å². The first kappa shape index (κ1) is 18.0. The quantitative estimate of drug-likeness (QED) is 0.847. The fraction of sp³-hybridized carbons (Fsp3) is 0.350. The van der Waals surface area contributed by atoms with E-state index in [1.54, 1.807) is 52.4 Å². The van der Waals surface area contributed by atoms with Crippen LogP contribution in [-0.2, 0) is 11.2 Å². The third-order valence-electron chi connectivity index (χ3n) is 4.59. The van der Waals surface area contributed by atoms with Crippen LogP contribution in [0.25, 0.3) is 0 Å². The fourth-order valence-electron chi connectivity index (χ4n) is 3.12. The third-order valence-corrected chi connectivity index (χ3v) is 4.59. The number of nitrogens with zero attached hydrogens (tertiary/aromatic N) is 3. The van der Waals surface area contributed by atoms with E-state index < -0.39 is 0 Å². The average Bonchev–Trinajstić information content (AvgIpc) is 2.93. The number of rotatable bonds is 4. The Hall–Kier alpha value is -2.76. The van der Waals surface area contributed by atoms with Crippen molar-refractivity contribution in [3.63, 3.8) is 0 Å². The molecule has 1 aliphatic heterocycles. The van der Waals surface area contributed by atoms with Crippen molar-refractivity contribution < 1.29 is 14.0 Å². The summed E-state index contributed by atoms with van der Waals surface area (Å²) in [4.78, 5) is 32.6. The first-order valence-corrected chi connectivity index (χ1v) is 8.86. The number of hydrogen-bond donors (Lipinski definition) is 0. The molecule has 136 valence electrons. The van der Waals surface area contributed by atoms with Gasteiger partial charge in [-0.05, 0) is 36.6 Å². The van der Waals surface area contributed by atoms with Gasteiger partial charge in [0.15, 0.2) is 0 Å². The molecule has 0 bridgehead atoms. The van der Waals surface area contributed by atoms with Crippen LogP contribution in [0.4, 0.5) is 4.39 Å². The highest BCUT2D eigenvalue weighted by molar-refractivity contribution is 5.92. The number of aromatic nitrogens is 1. The minimum absolute atomic E-state index is 0.000359. The van der Waals surface area contributed by atoms with Gasteiger partial charge in [-0.1, -0.05) is 24.3 Å². The second-order valence-corrected chi connectivity index (χ2v) is 6.33. The molecule has 1 aromatic heterocycles. The van der Waals surface area contributed by atoms with E-state index >= 15 is 0 Å². The Bertz CT molecular complexity index is 767. The maximum atomic E-state index is 13.7.